The number of hydrogen-bond donors (Lipinski definition) is 1. The van der Waals surface area contributed by atoms with E-state index in [9.17, 15) is 9.59 Å². The van der Waals surface area contributed by atoms with Gasteiger partial charge in [0, 0.05) is 29.3 Å². The zero-order chi connectivity index (χ0) is 16.0. The number of likely N-dealkylation sites (tertiary alicyclic amines) is 1. The van der Waals surface area contributed by atoms with Gasteiger partial charge in [-0.1, -0.05) is 41.5 Å². The molecule has 4 heteroatoms. The Morgan fingerprint density at radius 1 is 1.05 bits per heavy atom. The molecule has 2 aliphatic heterocycles. The standard InChI is InChI=1S/C17H30N2O2/c1-16(2,3)14(20)13-11-8-7-9-18-12(11)10-19(13)15(21)17(4,5)6/h11-13,18H,7-10H2,1-6H3. The van der Waals surface area contributed by atoms with Crippen LogP contribution in [0, 0.1) is 16.7 Å². The van der Waals surface area contributed by atoms with Crippen LogP contribution < -0.4 is 5.32 Å². The molecule has 2 aliphatic rings. The fourth-order valence-corrected chi connectivity index (χ4v) is 3.53. The van der Waals surface area contributed by atoms with Crippen molar-refractivity contribution in [2.45, 2.75) is 66.5 Å². The number of rotatable bonds is 1. The molecule has 4 nitrogen and oxygen atoms in total. The third-order valence-corrected chi connectivity index (χ3v) is 4.68. The van der Waals surface area contributed by atoms with Gasteiger partial charge in [0.15, 0.2) is 5.78 Å². The SMILES string of the molecule is CC(C)(C)C(=O)C1C2CCCNC2CN1C(=O)C(C)(C)C. The lowest BCUT2D eigenvalue weighted by molar-refractivity contribution is -0.147. The Morgan fingerprint density at radius 3 is 2.19 bits per heavy atom. The predicted molar refractivity (Wildman–Crippen MR) is 83.9 cm³/mol. The fraction of sp³-hybridized carbons (Fsp3) is 0.882. The molecule has 1 N–H and O–H groups in total. The molecule has 3 atom stereocenters. The summed E-state index contributed by atoms with van der Waals surface area (Å²) in [5.74, 6) is 0.578. The maximum absolute atomic E-state index is 12.9. The molecular formula is C17H30N2O2. The molecule has 0 aromatic rings. The molecule has 0 spiro atoms. The average Bonchev–Trinajstić information content (AvgIpc) is 2.73. The first-order valence-corrected chi connectivity index (χ1v) is 8.12. The largest absolute Gasteiger partial charge is 0.330 e. The maximum Gasteiger partial charge on any atom is 0.228 e. The van der Waals surface area contributed by atoms with Gasteiger partial charge in [0.25, 0.3) is 0 Å². The van der Waals surface area contributed by atoms with Gasteiger partial charge in [-0.3, -0.25) is 9.59 Å². The number of nitrogens with one attached hydrogen (secondary N) is 1. The van der Waals surface area contributed by atoms with E-state index in [1.165, 1.54) is 0 Å². The zero-order valence-corrected chi connectivity index (χ0v) is 14.3. The number of carbonyl (C=O) groups excluding carboxylic acids is 2. The highest BCUT2D eigenvalue weighted by atomic mass is 16.2. The summed E-state index contributed by atoms with van der Waals surface area (Å²) in [6, 6.07) is 0.0240. The highest BCUT2D eigenvalue weighted by Crippen LogP contribution is 2.37. The molecule has 2 fully saturated rings. The second-order valence-electron chi connectivity index (χ2n) is 8.63. The predicted octanol–water partition coefficient (Wildman–Crippen LogP) is 2.23. The van der Waals surface area contributed by atoms with Crippen molar-refractivity contribution in [3.8, 4) is 0 Å². The summed E-state index contributed by atoms with van der Waals surface area (Å²) in [5.41, 5.74) is -0.850. The van der Waals surface area contributed by atoms with Gasteiger partial charge in [-0.15, -0.1) is 0 Å². The number of ketones is 1. The molecule has 2 heterocycles. The Balaban J connectivity index is 2.33. The Labute approximate surface area is 128 Å². The summed E-state index contributed by atoms with van der Waals surface area (Å²) < 4.78 is 0. The van der Waals surface area contributed by atoms with Crippen molar-refractivity contribution in [1.82, 2.24) is 10.2 Å². The molecule has 0 bridgehead atoms. The Kier molecular flexibility index (Phi) is 4.22. The summed E-state index contributed by atoms with van der Waals surface area (Å²) in [4.78, 5) is 27.6. The van der Waals surface area contributed by atoms with Crippen molar-refractivity contribution in [3.05, 3.63) is 0 Å². The second-order valence-corrected chi connectivity index (χ2v) is 8.63. The molecule has 0 aliphatic carbocycles. The van der Waals surface area contributed by atoms with Crippen LogP contribution in [0.25, 0.3) is 0 Å². The van der Waals surface area contributed by atoms with E-state index >= 15 is 0 Å². The van der Waals surface area contributed by atoms with Crippen LogP contribution in [-0.2, 0) is 9.59 Å². The third kappa shape index (κ3) is 3.15. The van der Waals surface area contributed by atoms with E-state index < -0.39 is 10.8 Å². The smallest absolute Gasteiger partial charge is 0.228 e. The van der Waals surface area contributed by atoms with E-state index in [0.717, 1.165) is 19.4 Å². The molecule has 21 heavy (non-hydrogen) atoms. The Hall–Kier alpha value is -0.900. The lowest BCUT2D eigenvalue weighted by atomic mass is 9.78. The van der Waals surface area contributed by atoms with Crippen LogP contribution >= 0.6 is 0 Å². The average molecular weight is 294 g/mol. The normalized spacial score (nSPS) is 30.2. The van der Waals surface area contributed by atoms with E-state index in [0.29, 0.717) is 6.54 Å². The number of nitrogens with zero attached hydrogens (tertiary/aromatic N) is 1. The lowest BCUT2D eigenvalue weighted by Gasteiger charge is -2.35. The van der Waals surface area contributed by atoms with E-state index in [-0.39, 0.29) is 29.7 Å². The topological polar surface area (TPSA) is 49.4 Å². The summed E-state index contributed by atoms with van der Waals surface area (Å²) in [7, 11) is 0. The van der Waals surface area contributed by atoms with Gasteiger partial charge in [-0.25, -0.2) is 0 Å². The molecule has 0 aromatic carbocycles. The summed E-state index contributed by atoms with van der Waals surface area (Å²) in [6.45, 7) is 13.3. The number of Topliss-reactive ketones (excluding diaryl/α,β-unsaturated/α-hetero) is 1. The fourth-order valence-electron chi connectivity index (χ4n) is 3.53. The molecule has 2 rings (SSSR count). The third-order valence-electron chi connectivity index (χ3n) is 4.68. The summed E-state index contributed by atoms with van der Waals surface area (Å²) in [5, 5.41) is 3.51. The van der Waals surface area contributed by atoms with E-state index in [4.69, 9.17) is 0 Å². The molecule has 0 radical (unpaired) electrons. The summed E-state index contributed by atoms with van der Waals surface area (Å²) in [6.07, 6.45) is 2.13. The number of fused-ring (bicyclic) bond motifs is 1. The minimum absolute atomic E-state index is 0.0984. The second kappa shape index (κ2) is 5.38. The molecule has 120 valence electrons. The van der Waals surface area contributed by atoms with Crippen LogP contribution in [0.3, 0.4) is 0 Å². The highest BCUT2D eigenvalue weighted by molar-refractivity contribution is 5.94. The van der Waals surface area contributed by atoms with Crippen molar-refractivity contribution in [3.63, 3.8) is 0 Å². The van der Waals surface area contributed by atoms with E-state index in [1.54, 1.807) is 0 Å². The number of amides is 1. The zero-order valence-electron chi connectivity index (χ0n) is 14.3. The van der Waals surface area contributed by atoms with Gasteiger partial charge in [0.2, 0.25) is 5.91 Å². The van der Waals surface area contributed by atoms with Crippen LogP contribution in [0.1, 0.15) is 54.4 Å². The first kappa shape index (κ1) is 16.5. The quantitative estimate of drug-likeness (QED) is 0.807. The van der Waals surface area contributed by atoms with E-state index in [2.05, 4.69) is 5.32 Å². The van der Waals surface area contributed by atoms with Gasteiger partial charge in [-0.2, -0.15) is 0 Å². The van der Waals surface area contributed by atoms with Gasteiger partial charge >= 0.3 is 0 Å². The van der Waals surface area contributed by atoms with E-state index in [1.807, 2.05) is 46.4 Å². The number of piperidine rings is 1. The number of carbonyl (C=O) groups is 2. The molecule has 3 unspecified atom stereocenters. The van der Waals surface area contributed by atoms with Crippen LogP contribution in [0.4, 0.5) is 0 Å². The first-order chi connectivity index (χ1) is 9.53. The van der Waals surface area contributed by atoms with Gasteiger partial charge in [0.05, 0.1) is 6.04 Å². The van der Waals surface area contributed by atoms with Crippen molar-refractivity contribution in [2.24, 2.45) is 16.7 Å². The summed E-state index contributed by atoms with van der Waals surface area (Å²) >= 11 is 0. The first-order valence-electron chi connectivity index (χ1n) is 8.12. The van der Waals surface area contributed by atoms with Crippen LogP contribution in [0.5, 0.6) is 0 Å². The molecule has 0 saturated carbocycles. The Bertz CT molecular complexity index is 431. The van der Waals surface area contributed by atoms with Crippen molar-refractivity contribution >= 4 is 11.7 Å². The van der Waals surface area contributed by atoms with Crippen molar-refractivity contribution in [1.29, 1.82) is 0 Å². The van der Waals surface area contributed by atoms with Crippen LogP contribution in [0.2, 0.25) is 0 Å². The van der Waals surface area contributed by atoms with Crippen LogP contribution in [0.15, 0.2) is 0 Å². The van der Waals surface area contributed by atoms with Gasteiger partial charge in [0.1, 0.15) is 0 Å². The molecule has 2 saturated heterocycles. The van der Waals surface area contributed by atoms with Gasteiger partial charge < -0.3 is 10.2 Å². The van der Waals surface area contributed by atoms with Gasteiger partial charge in [-0.05, 0) is 19.4 Å². The molecule has 1 amide bonds. The van der Waals surface area contributed by atoms with Crippen molar-refractivity contribution < 1.29 is 9.59 Å². The monoisotopic (exact) mass is 294 g/mol. The highest BCUT2D eigenvalue weighted by Gasteiger charge is 2.51. The van der Waals surface area contributed by atoms with Crippen LogP contribution in [-0.4, -0.2) is 41.8 Å². The lowest BCUT2D eigenvalue weighted by Crippen LogP contribution is -2.51. The Morgan fingerprint density at radius 2 is 1.67 bits per heavy atom. The minimum Gasteiger partial charge on any atom is -0.330 e. The number of hydrogen-bond acceptors (Lipinski definition) is 3. The molecular weight excluding hydrogens is 264 g/mol. The minimum atomic E-state index is -0.441. The molecule has 0 aromatic heterocycles. The van der Waals surface area contributed by atoms with Crippen molar-refractivity contribution in [2.75, 3.05) is 13.1 Å². The maximum atomic E-state index is 12.9.